The van der Waals surface area contributed by atoms with Crippen LogP contribution in [0.15, 0.2) is 58.9 Å². The molecule has 38 heavy (non-hydrogen) atoms. The Labute approximate surface area is 223 Å². The smallest absolute Gasteiger partial charge is 0.336 e. The van der Waals surface area contributed by atoms with Gasteiger partial charge in [-0.3, -0.25) is 4.79 Å². The Hall–Kier alpha value is -3.94. The fourth-order valence-electron chi connectivity index (χ4n) is 5.24. The first-order chi connectivity index (χ1) is 18.3. The van der Waals surface area contributed by atoms with Gasteiger partial charge >= 0.3 is 5.97 Å². The number of dihydropyridines is 1. The number of allylic oxidation sites excluding steroid dienone is 3. The first-order valence-corrected chi connectivity index (χ1v) is 12.9. The van der Waals surface area contributed by atoms with Gasteiger partial charge in [0.1, 0.15) is 0 Å². The van der Waals surface area contributed by atoms with Crippen molar-refractivity contribution in [3.8, 4) is 23.0 Å². The maximum Gasteiger partial charge on any atom is 0.336 e. The number of aromatic hydroxyl groups is 1. The molecule has 0 saturated carbocycles. The molecule has 0 unspecified atom stereocenters. The topological polar surface area (TPSA) is 103 Å². The molecule has 4 rings (SSSR count). The van der Waals surface area contributed by atoms with Crippen LogP contribution in [0.5, 0.6) is 23.0 Å². The molecule has 0 fully saturated rings. The van der Waals surface area contributed by atoms with Gasteiger partial charge in [0.25, 0.3) is 0 Å². The number of carbonyl (C=O) groups excluding carboxylic acids is 2. The molecule has 1 aliphatic heterocycles. The number of methoxy groups -OCH3 is 2. The first-order valence-electron chi connectivity index (χ1n) is 12.9. The molecule has 0 saturated heterocycles. The summed E-state index contributed by atoms with van der Waals surface area (Å²) in [6.07, 6.45) is 1.54. The molecular weight excluding hydrogens is 486 g/mol. The predicted octanol–water partition coefficient (Wildman–Crippen LogP) is 5.12. The average molecular weight is 522 g/mol. The number of ether oxygens (including phenoxy) is 4. The van der Waals surface area contributed by atoms with Crippen molar-refractivity contribution in [3.63, 3.8) is 0 Å². The third-order valence-corrected chi connectivity index (χ3v) is 6.98. The number of phenolic OH excluding ortho intramolecular Hbond substituents is 1. The minimum Gasteiger partial charge on any atom is -0.504 e. The van der Waals surface area contributed by atoms with Gasteiger partial charge in [0.15, 0.2) is 28.8 Å². The van der Waals surface area contributed by atoms with Crippen molar-refractivity contribution in [1.82, 2.24) is 5.32 Å². The third-order valence-electron chi connectivity index (χ3n) is 6.98. The number of phenols is 1. The van der Waals surface area contributed by atoms with Crippen LogP contribution in [0.4, 0.5) is 0 Å². The number of Topliss-reactive ketones (excluding diaryl/α,β-unsaturated/α-hetero) is 1. The highest BCUT2D eigenvalue weighted by Gasteiger charge is 2.41. The number of hydrogen-bond donors (Lipinski definition) is 2. The Balaban J connectivity index is 1.79. The molecule has 0 spiro atoms. The van der Waals surface area contributed by atoms with Crippen LogP contribution in [-0.2, 0) is 14.3 Å². The van der Waals surface area contributed by atoms with Crippen LogP contribution in [0.2, 0.25) is 0 Å². The van der Waals surface area contributed by atoms with Gasteiger partial charge in [0, 0.05) is 29.3 Å². The molecule has 0 aromatic heterocycles. The van der Waals surface area contributed by atoms with Crippen molar-refractivity contribution >= 4 is 11.8 Å². The summed E-state index contributed by atoms with van der Waals surface area (Å²) in [6, 6.07) is 10.7. The van der Waals surface area contributed by atoms with E-state index in [9.17, 15) is 14.7 Å². The molecule has 0 radical (unpaired) electrons. The molecule has 2 atom stereocenters. The monoisotopic (exact) mass is 521 g/mol. The van der Waals surface area contributed by atoms with E-state index in [1.807, 2.05) is 39.0 Å². The molecule has 2 aromatic rings. The Kier molecular flexibility index (Phi) is 8.29. The highest BCUT2D eigenvalue weighted by Crippen LogP contribution is 2.47. The number of benzene rings is 2. The SMILES string of the molecule is CCCOC(=O)C1=C(C)NC2=C(C(=O)C[C@H](c3ccc(OC)c(OC)c3)C2)[C@H]1c1ccc(O)c(OCC)c1. The zero-order chi connectivity index (χ0) is 27.4. The van der Waals surface area contributed by atoms with Gasteiger partial charge in [-0.05, 0) is 68.0 Å². The summed E-state index contributed by atoms with van der Waals surface area (Å²) in [5.74, 6) is 0.298. The summed E-state index contributed by atoms with van der Waals surface area (Å²) in [5.41, 5.74) is 4.01. The molecule has 2 aromatic carbocycles. The first kappa shape index (κ1) is 27.1. The fraction of sp³-hybridized carbons (Fsp3) is 0.400. The van der Waals surface area contributed by atoms with Gasteiger partial charge in [0.2, 0.25) is 0 Å². The summed E-state index contributed by atoms with van der Waals surface area (Å²) in [6.45, 7) is 6.23. The number of ketones is 1. The lowest BCUT2D eigenvalue weighted by atomic mass is 9.71. The Bertz CT molecular complexity index is 1290. The maximum absolute atomic E-state index is 13.8. The summed E-state index contributed by atoms with van der Waals surface area (Å²) in [5, 5.41) is 13.7. The van der Waals surface area contributed by atoms with E-state index in [-0.39, 0.29) is 30.5 Å². The second kappa shape index (κ2) is 11.6. The molecule has 202 valence electrons. The number of hydrogen-bond acceptors (Lipinski definition) is 8. The van der Waals surface area contributed by atoms with Crippen LogP contribution >= 0.6 is 0 Å². The second-order valence-electron chi connectivity index (χ2n) is 9.43. The molecule has 8 nitrogen and oxygen atoms in total. The van der Waals surface area contributed by atoms with Crippen molar-refractivity contribution in [2.45, 2.75) is 51.9 Å². The van der Waals surface area contributed by atoms with Crippen LogP contribution in [0.25, 0.3) is 0 Å². The van der Waals surface area contributed by atoms with Gasteiger partial charge in [-0.15, -0.1) is 0 Å². The summed E-state index contributed by atoms with van der Waals surface area (Å²) in [4.78, 5) is 27.1. The lowest BCUT2D eigenvalue weighted by Gasteiger charge is -2.37. The van der Waals surface area contributed by atoms with Crippen molar-refractivity contribution < 1.29 is 33.6 Å². The molecule has 1 heterocycles. The van der Waals surface area contributed by atoms with E-state index in [2.05, 4.69) is 5.32 Å². The zero-order valence-electron chi connectivity index (χ0n) is 22.6. The number of esters is 1. The Morgan fingerprint density at radius 2 is 1.71 bits per heavy atom. The predicted molar refractivity (Wildman–Crippen MR) is 143 cm³/mol. The molecule has 8 heteroatoms. The van der Waals surface area contributed by atoms with Gasteiger partial charge < -0.3 is 29.4 Å². The van der Waals surface area contributed by atoms with Gasteiger partial charge in [-0.25, -0.2) is 4.79 Å². The Morgan fingerprint density at radius 3 is 2.39 bits per heavy atom. The minimum atomic E-state index is -0.644. The van der Waals surface area contributed by atoms with Gasteiger partial charge in [0.05, 0.1) is 33.0 Å². The van der Waals surface area contributed by atoms with E-state index in [1.165, 1.54) is 6.07 Å². The highest BCUT2D eigenvalue weighted by molar-refractivity contribution is 6.04. The normalized spacial score (nSPS) is 19.0. The molecule has 1 aliphatic carbocycles. The summed E-state index contributed by atoms with van der Waals surface area (Å²) in [7, 11) is 3.17. The van der Waals surface area contributed by atoms with Crippen molar-refractivity contribution in [1.29, 1.82) is 0 Å². The van der Waals surface area contributed by atoms with Crippen molar-refractivity contribution in [2.24, 2.45) is 0 Å². The maximum atomic E-state index is 13.8. The van der Waals surface area contributed by atoms with Crippen LogP contribution in [0.1, 0.15) is 63.0 Å². The van der Waals surface area contributed by atoms with E-state index >= 15 is 0 Å². The van der Waals surface area contributed by atoms with Crippen LogP contribution in [-0.4, -0.2) is 44.3 Å². The molecule has 2 N–H and O–H groups in total. The van der Waals surface area contributed by atoms with E-state index < -0.39 is 11.9 Å². The number of carbonyl (C=O) groups is 2. The quantitative estimate of drug-likeness (QED) is 0.438. The largest absolute Gasteiger partial charge is 0.504 e. The van der Waals surface area contributed by atoms with Gasteiger partial charge in [-0.2, -0.15) is 0 Å². The Morgan fingerprint density at radius 1 is 1.00 bits per heavy atom. The van der Waals surface area contributed by atoms with Crippen LogP contribution in [0, 0.1) is 0 Å². The third kappa shape index (κ3) is 5.21. The molecular formula is C30H35NO7. The standard InChI is InChI=1S/C30H35NO7/c1-6-12-38-30(34)27-17(3)31-21-13-20(18-9-11-24(35-4)26(15-18)36-5)14-23(33)29(21)28(27)19-8-10-22(32)25(16-19)37-7-2/h8-11,15-16,20,28,31-32H,6-7,12-14H2,1-5H3/t20-,28+/m1/s1. The minimum absolute atomic E-state index is 0.00182. The fourth-order valence-corrected chi connectivity index (χ4v) is 5.24. The number of nitrogens with one attached hydrogen (secondary N) is 1. The van der Waals surface area contributed by atoms with Gasteiger partial charge in [-0.1, -0.05) is 19.1 Å². The average Bonchev–Trinajstić information content (AvgIpc) is 2.91. The lowest BCUT2D eigenvalue weighted by molar-refractivity contribution is -0.139. The van der Waals surface area contributed by atoms with E-state index in [1.54, 1.807) is 26.4 Å². The van der Waals surface area contributed by atoms with Crippen molar-refractivity contribution in [2.75, 3.05) is 27.4 Å². The molecule has 0 bridgehead atoms. The zero-order valence-corrected chi connectivity index (χ0v) is 22.6. The van der Waals surface area contributed by atoms with E-state index in [4.69, 9.17) is 18.9 Å². The lowest BCUT2D eigenvalue weighted by Crippen LogP contribution is -2.36. The van der Waals surface area contributed by atoms with Crippen molar-refractivity contribution in [3.05, 3.63) is 70.1 Å². The molecule has 2 aliphatic rings. The number of rotatable bonds is 9. The second-order valence-corrected chi connectivity index (χ2v) is 9.43. The molecule has 0 amide bonds. The highest BCUT2D eigenvalue weighted by atomic mass is 16.5. The van der Waals surface area contributed by atoms with E-state index in [0.29, 0.717) is 59.1 Å². The van der Waals surface area contributed by atoms with Crippen LogP contribution in [0.3, 0.4) is 0 Å². The van der Waals surface area contributed by atoms with Crippen LogP contribution < -0.4 is 19.5 Å². The summed E-state index contributed by atoms with van der Waals surface area (Å²) >= 11 is 0. The summed E-state index contributed by atoms with van der Waals surface area (Å²) < 4.78 is 22.0. The van der Waals surface area contributed by atoms with E-state index in [0.717, 1.165) is 11.3 Å².